The molecule has 1 aromatic rings. The predicted octanol–water partition coefficient (Wildman–Crippen LogP) is -0.223. The Balaban J connectivity index is 2.93. The minimum atomic E-state index is -0.413. The van der Waals surface area contributed by atoms with E-state index in [-0.39, 0.29) is 6.61 Å². The number of aliphatic hydroxyl groups is 1. The highest BCUT2D eigenvalue weighted by atomic mass is 16.3. The van der Waals surface area contributed by atoms with E-state index >= 15 is 0 Å². The molecule has 0 spiro atoms. The van der Waals surface area contributed by atoms with Crippen LogP contribution < -0.4 is 5.73 Å². The Morgan fingerprint density at radius 3 is 2.73 bits per heavy atom. The van der Waals surface area contributed by atoms with Gasteiger partial charge in [-0.2, -0.15) is 0 Å². The van der Waals surface area contributed by atoms with Crippen LogP contribution in [0.15, 0.2) is 12.4 Å². The number of aryl methyl sites for hydroxylation is 1. The first-order chi connectivity index (χ1) is 5.25. The average Bonchev–Trinajstić information content (AvgIpc) is 2.04. The van der Waals surface area contributed by atoms with Gasteiger partial charge >= 0.3 is 0 Å². The molecule has 1 heterocycles. The van der Waals surface area contributed by atoms with Gasteiger partial charge in [0.25, 0.3) is 0 Å². The molecule has 1 atom stereocenters. The van der Waals surface area contributed by atoms with Gasteiger partial charge < -0.3 is 10.8 Å². The van der Waals surface area contributed by atoms with Crippen LogP contribution in [-0.4, -0.2) is 21.7 Å². The van der Waals surface area contributed by atoms with Crippen molar-refractivity contribution in [1.29, 1.82) is 0 Å². The van der Waals surface area contributed by atoms with Crippen molar-refractivity contribution in [3.05, 3.63) is 23.8 Å². The van der Waals surface area contributed by atoms with Crippen molar-refractivity contribution in [2.24, 2.45) is 5.73 Å². The van der Waals surface area contributed by atoms with Gasteiger partial charge in [0, 0.05) is 12.4 Å². The van der Waals surface area contributed by atoms with E-state index in [0.29, 0.717) is 5.69 Å². The summed E-state index contributed by atoms with van der Waals surface area (Å²) in [5.41, 5.74) is 6.98. The number of nitrogens with zero attached hydrogens (tertiary/aromatic N) is 2. The lowest BCUT2D eigenvalue weighted by atomic mass is 10.2. The van der Waals surface area contributed by atoms with E-state index in [2.05, 4.69) is 9.97 Å². The zero-order valence-electron chi connectivity index (χ0n) is 6.36. The Morgan fingerprint density at radius 2 is 2.18 bits per heavy atom. The van der Waals surface area contributed by atoms with E-state index in [4.69, 9.17) is 10.8 Å². The summed E-state index contributed by atoms with van der Waals surface area (Å²) in [6, 6.07) is -0.413. The predicted molar refractivity (Wildman–Crippen MR) is 40.8 cm³/mol. The third-order valence-electron chi connectivity index (χ3n) is 1.47. The topological polar surface area (TPSA) is 72.0 Å². The molecule has 0 aliphatic rings. The second-order valence-corrected chi connectivity index (χ2v) is 2.32. The lowest BCUT2D eigenvalue weighted by Gasteiger charge is -2.08. The van der Waals surface area contributed by atoms with Crippen molar-refractivity contribution >= 4 is 0 Å². The second kappa shape index (κ2) is 3.41. The highest BCUT2D eigenvalue weighted by molar-refractivity contribution is 5.12. The number of aromatic nitrogens is 2. The van der Waals surface area contributed by atoms with Crippen molar-refractivity contribution in [3.63, 3.8) is 0 Å². The summed E-state index contributed by atoms with van der Waals surface area (Å²) in [6.45, 7) is 1.72. The normalized spacial score (nSPS) is 13.0. The monoisotopic (exact) mass is 153 g/mol. The van der Waals surface area contributed by atoms with Crippen LogP contribution >= 0.6 is 0 Å². The van der Waals surface area contributed by atoms with Crippen molar-refractivity contribution in [2.45, 2.75) is 13.0 Å². The summed E-state index contributed by atoms with van der Waals surface area (Å²) in [7, 11) is 0. The number of aliphatic hydroxyl groups excluding tert-OH is 1. The van der Waals surface area contributed by atoms with E-state index in [1.54, 1.807) is 12.4 Å². The Morgan fingerprint density at radius 1 is 1.55 bits per heavy atom. The molecule has 4 heteroatoms. The van der Waals surface area contributed by atoms with E-state index in [1.165, 1.54) is 0 Å². The van der Waals surface area contributed by atoms with Crippen LogP contribution in [0.25, 0.3) is 0 Å². The van der Waals surface area contributed by atoms with Crippen LogP contribution in [0.3, 0.4) is 0 Å². The maximum absolute atomic E-state index is 8.72. The van der Waals surface area contributed by atoms with Crippen LogP contribution in [0.1, 0.15) is 17.4 Å². The zero-order chi connectivity index (χ0) is 8.27. The first kappa shape index (κ1) is 8.10. The molecule has 0 saturated heterocycles. The largest absolute Gasteiger partial charge is 0.394 e. The molecule has 0 bridgehead atoms. The molecule has 60 valence electrons. The fourth-order valence-electron chi connectivity index (χ4n) is 0.869. The molecule has 11 heavy (non-hydrogen) atoms. The van der Waals surface area contributed by atoms with Gasteiger partial charge in [0.1, 0.15) is 0 Å². The standard InChI is InChI=1S/C7H11N3O/c1-5-7(6(8)4-11)10-3-2-9-5/h2-3,6,11H,4,8H2,1H3. The molecule has 0 aliphatic carbocycles. The summed E-state index contributed by atoms with van der Waals surface area (Å²) in [5, 5.41) is 8.72. The summed E-state index contributed by atoms with van der Waals surface area (Å²) in [5.74, 6) is 0. The highest BCUT2D eigenvalue weighted by Gasteiger charge is 2.08. The van der Waals surface area contributed by atoms with Crippen LogP contribution in [0.5, 0.6) is 0 Å². The summed E-state index contributed by atoms with van der Waals surface area (Å²) in [4.78, 5) is 8.00. The first-order valence-corrected chi connectivity index (χ1v) is 3.39. The van der Waals surface area contributed by atoms with Crippen LogP contribution in [-0.2, 0) is 0 Å². The third kappa shape index (κ3) is 1.72. The van der Waals surface area contributed by atoms with E-state index in [1.807, 2.05) is 6.92 Å². The minimum absolute atomic E-state index is 0.0977. The molecule has 0 saturated carbocycles. The second-order valence-electron chi connectivity index (χ2n) is 2.32. The van der Waals surface area contributed by atoms with Gasteiger partial charge in [0.05, 0.1) is 24.0 Å². The molecule has 4 nitrogen and oxygen atoms in total. The molecule has 1 aromatic heterocycles. The van der Waals surface area contributed by atoms with Gasteiger partial charge in [-0.1, -0.05) is 0 Å². The number of hydrogen-bond donors (Lipinski definition) is 2. The molecule has 0 fully saturated rings. The van der Waals surface area contributed by atoms with Gasteiger partial charge in [-0.05, 0) is 6.92 Å². The smallest absolute Gasteiger partial charge is 0.0806 e. The maximum atomic E-state index is 8.72. The minimum Gasteiger partial charge on any atom is -0.394 e. The molecular weight excluding hydrogens is 142 g/mol. The third-order valence-corrected chi connectivity index (χ3v) is 1.47. The molecular formula is C7H11N3O. The van der Waals surface area contributed by atoms with Gasteiger partial charge in [-0.15, -0.1) is 0 Å². The number of nitrogens with two attached hydrogens (primary N) is 1. The van der Waals surface area contributed by atoms with Crippen molar-refractivity contribution < 1.29 is 5.11 Å². The summed E-state index contributed by atoms with van der Waals surface area (Å²) >= 11 is 0. The Bertz CT molecular complexity index is 239. The summed E-state index contributed by atoms with van der Waals surface area (Å²) in [6.07, 6.45) is 3.17. The lowest BCUT2D eigenvalue weighted by molar-refractivity contribution is 0.265. The van der Waals surface area contributed by atoms with Gasteiger partial charge in [0.15, 0.2) is 0 Å². The van der Waals surface area contributed by atoms with Crippen LogP contribution in [0.2, 0.25) is 0 Å². The number of rotatable bonds is 2. The molecule has 0 amide bonds. The van der Waals surface area contributed by atoms with Gasteiger partial charge in [0.2, 0.25) is 0 Å². The van der Waals surface area contributed by atoms with Crippen LogP contribution in [0.4, 0.5) is 0 Å². The average molecular weight is 153 g/mol. The van der Waals surface area contributed by atoms with Gasteiger partial charge in [-0.3, -0.25) is 9.97 Å². The summed E-state index contributed by atoms with van der Waals surface area (Å²) < 4.78 is 0. The Labute approximate surface area is 65.1 Å². The molecule has 0 aromatic carbocycles. The van der Waals surface area contributed by atoms with Crippen molar-refractivity contribution in [2.75, 3.05) is 6.61 Å². The Hall–Kier alpha value is -1.00. The maximum Gasteiger partial charge on any atom is 0.0806 e. The van der Waals surface area contributed by atoms with Crippen molar-refractivity contribution in [3.8, 4) is 0 Å². The highest BCUT2D eigenvalue weighted by Crippen LogP contribution is 2.07. The lowest BCUT2D eigenvalue weighted by Crippen LogP contribution is -2.17. The zero-order valence-corrected chi connectivity index (χ0v) is 6.36. The first-order valence-electron chi connectivity index (χ1n) is 3.39. The molecule has 1 rings (SSSR count). The molecule has 0 radical (unpaired) electrons. The molecule has 0 aliphatic heterocycles. The number of hydrogen-bond acceptors (Lipinski definition) is 4. The van der Waals surface area contributed by atoms with E-state index < -0.39 is 6.04 Å². The molecule has 3 N–H and O–H groups in total. The Kier molecular flexibility index (Phi) is 2.51. The quantitative estimate of drug-likeness (QED) is 0.616. The van der Waals surface area contributed by atoms with Gasteiger partial charge in [-0.25, -0.2) is 0 Å². The fourth-order valence-corrected chi connectivity index (χ4v) is 0.869. The SMILES string of the molecule is Cc1nccnc1C(N)CO. The molecule has 1 unspecified atom stereocenters. The van der Waals surface area contributed by atoms with Crippen molar-refractivity contribution in [1.82, 2.24) is 9.97 Å². The van der Waals surface area contributed by atoms with E-state index in [0.717, 1.165) is 5.69 Å². The fraction of sp³-hybridized carbons (Fsp3) is 0.429. The van der Waals surface area contributed by atoms with Crippen LogP contribution in [0, 0.1) is 6.92 Å². The van der Waals surface area contributed by atoms with E-state index in [9.17, 15) is 0 Å².